The molecule has 0 aromatic carbocycles. The normalized spacial score (nSPS) is 19.5. The van der Waals surface area contributed by atoms with Crippen molar-refractivity contribution in [3.63, 3.8) is 0 Å². The van der Waals surface area contributed by atoms with Crippen molar-refractivity contribution in [2.75, 3.05) is 13.1 Å². The van der Waals surface area contributed by atoms with Crippen molar-refractivity contribution in [3.05, 3.63) is 0 Å². The Morgan fingerprint density at radius 3 is 2.32 bits per heavy atom. The molecule has 160 valence electrons. The fraction of sp³-hybridized carbons (Fsp3) is 0.789. The second-order valence-corrected chi connectivity index (χ2v) is 7.83. The Kier molecular flexibility index (Phi) is 9.92. The minimum Gasteiger partial charge on any atom is -0.480 e. The number of nitrogens with one attached hydrogen (secondary N) is 4. The van der Waals surface area contributed by atoms with Gasteiger partial charge in [-0.3, -0.25) is 14.4 Å². The SMILES string of the molecule is CCC(C)C(NC(=O)CNC(=O)C1CCCN1)C(=O)NC(CC(C)C)C(=O)O. The fourth-order valence-electron chi connectivity index (χ4n) is 3.08. The third kappa shape index (κ3) is 7.84. The van der Waals surface area contributed by atoms with Crippen molar-refractivity contribution in [2.24, 2.45) is 11.8 Å². The molecular weight excluding hydrogens is 364 g/mol. The molecule has 4 unspecified atom stereocenters. The Balaban J connectivity index is 2.65. The van der Waals surface area contributed by atoms with Crippen LogP contribution in [0.25, 0.3) is 0 Å². The minimum atomic E-state index is -1.10. The van der Waals surface area contributed by atoms with E-state index >= 15 is 0 Å². The number of hydrogen-bond acceptors (Lipinski definition) is 5. The van der Waals surface area contributed by atoms with E-state index in [0.29, 0.717) is 12.8 Å². The third-order valence-corrected chi connectivity index (χ3v) is 4.93. The molecular formula is C19H34N4O5. The van der Waals surface area contributed by atoms with Gasteiger partial charge in [0.2, 0.25) is 17.7 Å². The lowest BCUT2D eigenvalue weighted by molar-refractivity contribution is -0.143. The molecule has 3 amide bonds. The van der Waals surface area contributed by atoms with Gasteiger partial charge in [-0.15, -0.1) is 0 Å². The Morgan fingerprint density at radius 1 is 1.14 bits per heavy atom. The Morgan fingerprint density at radius 2 is 1.82 bits per heavy atom. The molecule has 0 saturated carbocycles. The van der Waals surface area contributed by atoms with Crippen LogP contribution >= 0.6 is 0 Å². The summed E-state index contributed by atoms with van der Waals surface area (Å²) in [6.07, 6.45) is 2.57. The van der Waals surface area contributed by atoms with Crippen LogP contribution < -0.4 is 21.3 Å². The highest BCUT2D eigenvalue weighted by Gasteiger charge is 2.30. The molecule has 4 atom stereocenters. The Labute approximate surface area is 166 Å². The zero-order chi connectivity index (χ0) is 21.3. The average Bonchev–Trinajstić information content (AvgIpc) is 3.17. The van der Waals surface area contributed by atoms with Gasteiger partial charge < -0.3 is 26.4 Å². The van der Waals surface area contributed by atoms with E-state index in [4.69, 9.17) is 0 Å². The van der Waals surface area contributed by atoms with Gasteiger partial charge in [-0.25, -0.2) is 4.79 Å². The maximum atomic E-state index is 12.6. The molecule has 0 spiro atoms. The number of amides is 3. The summed E-state index contributed by atoms with van der Waals surface area (Å²) < 4.78 is 0. The highest BCUT2D eigenvalue weighted by atomic mass is 16.4. The van der Waals surface area contributed by atoms with Gasteiger partial charge in [0, 0.05) is 0 Å². The summed E-state index contributed by atoms with van der Waals surface area (Å²) in [4.78, 5) is 48.3. The van der Waals surface area contributed by atoms with E-state index in [-0.39, 0.29) is 30.3 Å². The predicted molar refractivity (Wildman–Crippen MR) is 104 cm³/mol. The number of hydrogen-bond donors (Lipinski definition) is 5. The molecule has 1 heterocycles. The first-order valence-corrected chi connectivity index (χ1v) is 9.99. The monoisotopic (exact) mass is 398 g/mol. The smallest absolute Gasteiger partial charge is 0.326 e. The van der Waals surface area contributed by atoms with Crippen molar-refractivity contribution in [1.82, 2.24) is 21.3 Å². The largest absolute Gasteiger partial charge is 0.480 e. The molecule has 0 radical (unpaired) electrons. The average molecular weight is 399 g/mol. The summed E-state index contributed by atoms with van der Waals surface area (Å²) in [5.41, 5.74) is 0. The standard InChI is InChI=1S/C19H34N4O5/c1-5-12(4)16(18(26)22-14(19(27)28)9-11(2)3)23-15(24)10-21-17(25)13-7-6-8-20-13/h11-14,16,20H,5-10H2,1-4H3,(H,21,25)(H,22,26)(H,23,24)(H,27,28). The van der Waals surface area contributed by atoms with E-state index in [1.165, 1.54) is 0 Å². The van der Waals surface area contributed by atoms with E-state index in [1.54, 1.807) is 0 Å². The maximum absolute atomic E-state index is 12.6. The molecule has 5 N–H and O–H groups in total. The first-order chi connectivity index (χ1) is 13.1. The molecule has 1 fully saturated rings. The molecule has 9 nitrogen and oxygen atoms in total. The zero-order valence-corrected chi connectivity index (χ0v) is 17.2. The van der Waals surface area contributed by atoms with E-state index in [9.17, 15) is 24.3 Å². The molecule has 28 heavy (non-hydrogen) atoms. The quantitative estimate of drug-likeness (QED) is 0.332. The molecule has 1 rings (SSSR count). The van der Waals surface area contributed by atoms with Gasteiger partial charge in [0.1, 0.15) is 12.1 Å². The summed E-state index contributed by atoms with van der Waals surface area (Å²) in [6, 6.07) is -2.16. The van der Waals surface area contributed by atoms with Crippen molar-refractivity contribution in [3.8, 4) is 0 Å². The second kappa shape index (κ2) is 11.6. The van der Waals surface area contributed by atoms with Crippen LogP contribution in [0.1, 0.15) is 53.4 Å². The van der Waals surface area contributed by atoms with Gasteiger partial charge in [-0.05, 0) is 37.6 Å². The molecule has 0 bridgehead atoms. The summed E-state index contributed by atoms with van der Waals surface area (Å²) >= 11 is 0. The van der Waals surface area contributed by atoms with Crippen LogP contribution in [0, 0.1) is 11.8 Å². The number of carboxylic acids is 1. The van der Waals surface area contributed by atoms with Crippen LogP contribution in [0.3, 0.4) is 0 Å². The lowest BCUT2D eigenvalue weighted by Crippen LogP contribution is -2.56. The summed E-state index contributed by atoms with van der Waals surface area (Å²) in [5, 5.41) is 20.1. The Hall–Kier alpha value is -2.16. The number of carbonyl (C=O) groups excluding carboxylic acids is 3. The lowest BCUT2D eigenvalue weighted by atomic mass is 9.97. The van der Waals surface area contributed by atoms with Crippen molar-refractivity contribution < 1.29 is 24.3 Å². The number of aliphatic carboxylic acids is 1. The predicted octanol–water partition coefficient (Wildman–Crippen LogP) is 0.00100. The number of carboxylic acid groups (broad SMARTS) is 1. The van der Waals surface area contributed by atoms with Gasteiger partial charge >= 0.3 is 5.97 Å². The molecule has 0 aromatic rings. The van der Waals surface area contributed by atoms with Crippen LogP contribution in [0.5, 0.6) is 0 Å². The fourth-order valence-corrected chi connectivity index (χ4v) is 3.08. The van der Waals surface area contributed by atoms with E-state index < -0.39 is 29.9 Å². The molecule has 1 aliphatic rings. The van der Waals surface area contributed by atoms with Crippen molar-refractivity contribution in [1.29, 1.82) is 0 Å². The first kappa shape index (κ1) is 23.9. The maximum Gasteiger partial charge on any atom is 0.326 e. The van der Waals surface area contributed by atoms with Crippen LogP contribution in [-0.4, -0.2) is 60.0 Å². The van der Waals surface area contributed by atoms with Gasteiger partial charge in [0.05, 0.1) is 12.6 Å². The van der Waals surface area contributed by atoms with E-state index in [1.807, 2.05) is 27.7 Å². The van der Waals surface area contributed by atoms with Crippen LogP contribution in [-0.2, 0) is 19.2 Å². The molecule has 1 aliphatic heterocycles. The minimum absolute atomic E-state index is 0.0949. The topological polar surface area (TPSA) is 137 Å². The molecule has 1 saturated heterocycles. The van der Waals surface area contributed by atoms with Crippen LogP contribution in [0.2, 0.25) is 0 Å². The van der Waals surface area contributed by atoms with Gasteiger partial charge in [0.15, 0.2) is 0 Å². The van der Waals surface area contributed by atoms with E-state index in [0.717, 1.165) is 19.4 Å². The first-order valence-electron chi connectivity index (χ1n) is 9.99. The summed E-state index contributed by atoms with van der Waals surface area (Å²) in [6.45, 7) is 7.99. The van der Waals surface area contributed by atoms with Gasteiger partial charge in [-0.2, -0.15) is 0 Å². The highest BCUT2D eigenvalue weighted by molar-refractivity contribution is 5.92. The van der Waals surface area contributed by atoms with Crippen LogP contribution in [0.4, 0.5) is 0 Å². The molecule has 9 heteroatoms. The van der Waals surface area contributed by atoms with Crippen molar-refractivity contribution >= 4 is 23.7 Å². The summed E-state index contributed by atoms with van der Waals surface area (Å²) in [7, 11) is 0. The lowest BCUT2D eigenvalue weighted by Gasteiger charge is -2.26. The van der Waals surface area contributed by atoms with Crippen molar-refractivity contribution in [2.45, 2.75) is 71.5 Å². The molecule has 0 aromatic heterocycles. The van der Waals surface area contributed by atoms with Crippen LogP contribution in [0.15, 0.2) is 0 Å². The summed E-state index contributed by atoms with van der Waals surface area (Å²) in [5.74, 6) is -2.45. The second-order valence-electron chi connectivity index (χ2n) is 7.83. The number of rotatable bonds is 11. The number of carbonyl (C=O) groups is 4. The zero-order valence-electron chi connectivity index (χ0n) is 17.2. The Bertz CT molecular complexity index is 561. The van der Waals surface area contributed by atoms with E-state index in [2.05, 4.69) is 21.3 Å². The van der Waals surface area contributed by atoms with Gasteiger partial charge in [0.25, 0.3) is 0 Å². The highest BCUT2D eigenvalue weighted by Crippen LogP contribution is 2.11. The molecule has 0 aliphatic carbocycles. The van der Waals surface area contributed by atoms with Gasteiger partial charge in [-0.1, -0.05) is 34.1 Å². The third-order valence-electron chi connectivity index (χ3n) is 4.93.